The molecule has 6 nitrogen and oxygen atoms in total. The molecular formula is C22H25NO5. The summed E-state index contributed by atoms with van der Waals surface area (Å²) in [6.45, 7) is 1.33. The number of nitrogens with zero attached hydrogens (tertiary/aromatic N) is 1. The summed E-state index contributed by atoms with van der Waals surface area (Å²) < 4.78 is 10.6. The summed E-state index contributed by atoms with van der Waals surface area (Å²) in [5.74, 6) is 0.526. The van der Waals surface area contributed by atoms with E-state index >= 15 is 0 Å². The fourth-order valence-electron chi connectivity index (χ4n) is 3.68. The number of hydrogen-bond acceptors (Lipinski definition) is 4. The van der Waals surface area contributed by atoms with Crippen molar-refractivity contribution in [3.8, 4) is 11.5 Å². The first-order valence-electron chi connectivity index (χ1n) is 9.33. The van der Waals surface area contributed by atoms with E-state index in [1.165, 1.54) is 0 Å². The third-order valence-electron chi connectivity index (χ3n) is 5.18. The van der Waals surface area contributed by atoms with Crippen molar-refractivity contribution in [1.29, 1.82) is 0 Å². The van der Waals surface area contributed by atoms with Crippen molar-refractivity contribution >= 4 is 11.9 Å². The zero-order chi connectivity index (χ0) is 20.1. The van der Waals surface area contributed by atoms with Gasteiger partial charge in [-0.25, -0.2) is 4.79 Å². The minimum atomic E-state index is -0.931. The summed E-state index contributed by atoms with van der Waals surface area (Å²) in [5, 5.41) is 9.21. The first-order valence-corrected chi connectivity index (χ1v) is 9.33. The zero-order valence-corrected chi connectivity index (χ0v) is 16.2. The first-order chi connectivity index (χ1) is 13.5. The molecule has 28 heavy (non-hydrogen) atoms. The Bertz CT molecular complexity index is 864. The maximum absolute atomic E-state index is 12.8. The van der Waals surface area contributed by atoms with Crippen LogP contribution in [0.4, 0.5) is 0 Å². The second-order valence-corrected chi connectivity index (χ2v) is 6.98. The van der Waals surface area contributed by atoms with Gasteiger partial charge in [-0.05, 0) is 48.2 Å². The number of carboxylic acids is 1. The number of carbonyl (C=O) groups is 2. The molecule has 0 aromatic heterocycles. The minimum absolute atomic E-state index is 0.0614. The van der Waals surface area contributed by atoms with Crippen LogP contribution in [0.2, 0.25) is 0 Å². The second kappa shape index (κ2) is 8.78. The molecule has 0 saturated carbocycles. The van der Waals surface area contributed by atoms with Crippen molar-refractivity contribution in [3.63, 3.8) is 0 Å². The molecule has 0 aliphatic carbocycles. The topological polar surface area (TPSA) is 76.1 Å². The molecule has 2 aromatic rings. The van der Waals surface area contributed by atoms with Gasteiger partial charge in [0.1, 0.15) is 0 Å². The van der Waals surface area contributed by atoms with Crippen molar-refractivity contribution in [2.75, 3.05) is 27.3 Å². The van der Waals surface area contributed by atoms with Gasteiger partial charge in [0.05, 0.1) is 26.2 Å². The van der Waals surface area contributed by atoms with Crippen LogP contribution in [0.25, 0.3) is 0 Å². The molecule has 1 atom stereocenters. The monoisotopic (exact) mass is 383 g/mol. The average molecular weight is 383 g/mol. The lowest BCUT2D eigenvalue weighted by molar-refractivity contribution is -0.131. The largest absolute Gasteiger partial charge is 0.493 e. The number of aromatic carboxylic acids is 1. The summed E-state index contributed by atoms with van der Waals surface area (Å²) in [4.78, 5) is 25.9. The standard InChI is InChI=1S/C22H25NO5/c1-27-19-9-8-15(11-20(19)28-2)12-21(24)23-10-4-7-18(14-23)16-5-3-6-17(13-16)22(25)26/h3,5-6,8-9,11,13,18H,4,7,10,12,14H2,1-2H3,(H,25,26)/t18-/m1/s1. The van der Waals surface area contributed by atoms with Crippen LogP contribution in [0.3, 0.4) is 0 Å². The quantitative estimate of drug-likeness (QED) is 0.828. The van der Waals surface area contributed by atoms with Crippen LogP contribution in [0.1, 0.15) is 40.2 Å². The maximum atomic E-state index is 12.8. The molecule has 1 heterocycles. The number of carbonyl (C=O) groups excluding carboxylic acids is 1. The highest BCUT2D eigenvalue weighted by Gasteiger charge is 2.25. The third kappa shape index (κ3) is 4.44. The maximum Gasteiger partial charge on any atom is 0.335 e. The van der Waals surface area contributed by atoms with Gasteiger partial charge >= 0.3 is 5.97 Å². The van der Waals surface area contributed by atoms with Gasteiger partial charge < -0.3 is 19.5 Å². The summed E-state index contributed by atoms with van der Waals surface area (Å²) >= 11 is 0. The Morgan fingerprint density at radius 1 is 1.11 bits per heavy atom. The SMILES string of the molecule is COc1ccc(CC(=O)N2CCC[C@@H](c3cccc(C(=O)O)c3)C2)cc1OC. The number of piperidine rings is 1. The van der Waals surface area contributed by atoms with Gasteiger partial charge in [0.25, 0.3) is 0 Å². The molecule has 1 saturated heterocycles. The molecule has 3 rings (SSSR count). The van der Waals surface area contributed by atoms with Crippen LogP contribution in [0.5, 0.6) is 11.5 Å². The lowest BCUT2D eigenvalue weighted by Crippen LogP contribution is -2.40. The first kappa shape index (κ1) is 19.7. The van der Waals surface area contributed by atoms with Gasteiger partial charge in [-0.2, -0.15) is 0 Å². The predicted octanol–water partition coefficient (Wildman–Crippen LogP) is 3.35. The predicted molar refractivity (Wildman–Crippen MR) is 105 cm³/mol. The Kier molecular flexibility index (Phi) is 6.19. The highest BCUT2D eigenvalue weighted by molar-refractivity contribution is 5.87. The number of carboxylic acid groups (broad SMARTS) is 1. The fraction of sp³-hybridized carbons (Fsp3) is 0.364. The molecule has 0 unspecified atom stereocenters. The smallest absolute Gasteiger partial charge is 0.335 e. The van der Waals surface area contributed by atoms with E-state index in [0.29, 0.717) is 24.5 Å². The van der Waals surface area contributed by atoms with Gasteiger partial charge in [0.2, 0.25) is 5.91 Å². The molecule has 1 aliphatic heterocycles. The van der Waals surface area contributed by atoms with Crippen LogP contribution in [-0.2, 0) is 11.2 Å². The van der Waals surface area contributed by atoms with Crippen LogP contribution < -0.4 is 9.47 Å². The average Bonchev–Trinajstić information content (AvgIpc) is 2.73. The van der Waals surface area contributed by atoms with Gasteiger partial charge in [0, 0.05) is 19.0 Å². The summed E-state index contributed by atoms with van der Waals surface area (Å²) in [6, 6.07) is 12.5. The molecule has 1 fully saturated rings. The number of benzene rings is 2. The number of methoxy groups -OCH3 is 2. The molecule has 1 aliphatic rings. The van der Waals surface area contributed by atoms with Crippen LogP contribution in [0, 0.1) is 0 Å². The van der Waals surface area contributed by atoms with E-state index in [9.17, 15) is 14.7 Å². The fourth-order valence-corrected chi connectivity index (χ4v) is 3.68. The lowest BCUT2D eigenvalue weighted by Gasteiger charge is -2.33. The Balaban J connectivity index is 1.69. The number of amides is 1. The molecule has 6 heteroatoms. The van der Waals surface area contributed by atoms with Crippen molar-refractivity contribution in [1.82, 2.24) is 4.90 Å². The van der Waals surface area contributed by atoms with E-state index < -0.39 is 5.97 Å². The van der Waals surface area contributed by atoms with Gasteiger partial charge in [0.15, 0.2) is 11.5 Å². The number of hydrogen-bond donors (Lipinski definition) is 1. The van der Waals surface area contributed by atoms with Crippen molar-refractivity contribution in [3.05, 3.63) is 59.2 Å². The number of rotatable bonds is 6. The number of likely N-dealkylation sites (tertiary alicyclic amines) is 1. The van der Waals surface area contributed by atoms with E-state index in [-0.39, 0.29) is 17.4 Å². The molecule has 0 bridgehead atoms. The molecular weight excluding hydrogens is 358 g/mol. The Labute approximate surface area is 164 Å². The van der Waals surface area contributed by atoms with Crippen molar-refractivity contribution in [2.45, 2.75) is 25.2 Å². The molecule has 1 amide bonds. The van der Waals surface area contributed by atoms with Crippen LogP contribution in [0.15, 0.2) is 42.5 Å². The van der Waals surface area contributed by atoms with Crippen molar-refractivity contribution in [2.24, 2.45) is 0 Å². The van der Waals surface area contributed by atoms with Gasteiger partial charge in [-0.3, -0.25) is 4.79 Å². The highest BCUT2D eigenvalue weighted by atomic mass is 16.5. The van der Waals surface area contributed by atoms with Crippen LogP contribution >= 0.6 is 0 Å². The lowest BCUT2D eigenvalue weighted by atomic mass is 9.89. The molecule has 0 spiro atoms. The second-order valence-electron chi connectivity index (χ2n) is 6.98. The molecule has 1 N–H and O–H groups in total. The van der Waals surface area contributed by atoms with E-state index in [4.69, 9.17) is 9.47 Å². The molecule has 148 valence electrons. The van der Waals surface area contributed by atoms with Gasteiger partial charge in [-0.15, -0.1) is 0 Å². The highest BCUT2D eigenvalue weighted by Crippen LogP contribution is 2.30. The van der Waals surface area contributed by atoms with E-state index in [0.717, 1.165) is 30.5 Å². The summed E-state index contributed by atoms with van der Waals surface area (Å²) in [7, 11) is 3.15. The van der Waals surface area contributed by atoms with E-state index in [2.05, 4.69) is 0 Å². The summed E-state index contributed by atoms with van der Waals surface area (Å²) in [6.07, 6.45) is 2.14. The minimum Gasteiger partial charge on any atom is -0.493 e. The Morgan fingerprint density at radius 3 is 2.61 bits per heavy atom. The van der Waals surface area contributed by atoms with Crippen LogP contribution in [-0.4, -0.2) is 49.2 Å². The Morgan fingerprint density at radius 2 is 1.89 bits per heavy atom. The molecule has 2 aromatic carbocycles. The summed E-state index contributed by atoms with van der Waals surface area (Å²) in [5.41, 5.74) is 2.13. The molecule has 0 radical (unpaired) electrons. The normalized spacial score (nSPS) is 16.5. The van der Waals surface area contributed by atoms with Gasteiger partial charge in [-0.1, -0.05) is 18.2 Å². The van der Waals surface area contributed by atoms with E-state index in [1.807, 2.05) is 23.1 Å². The van der Waals surface area contributed by atoms with E-state index in [1.54, 1.807) is 38.5 Å². The number of ether oxygens (including phenoxy) is 2. The van der Waals surface area contributed by atoms with Crippen molar-refractivity contribution < 1.29 is 24.2 Å². The zero-order valence-electron chi connectivity index (χ0n) is 16.2. The Hall–Kier alpha value is -3.02. The third-order valence-corrected chi connectivity index (χ3v) is 5.18.